The first-order chi connectivity index (χ1) is 27.6. The van der Waals surface area contributed by atoms with Gasteiger partial charge in [-0.2, -0.15) is 18.3 Å². The molecule has 8 unspecified atom stereocenters. The molecule has 1 saturated heterocycles. The Morgan fingerprint density at radius 1 is 0.759 bits per heavy atom. The van der Waals surface area contributed by atoms with Gasteiger partial charge >= 0.3 is 12.1 Å². The molecule has 13 nitrogen and oxygen atoms in total. The van der Waals surface area contributed by atoms with E-state index in [0.29, 0.717) is 78.1 Å². The Morgan fingerprint density at radius 2 is 1.41 bits per heavy atom. The van der Waals surface area contributed by atoms with E-state index in [0.717, 1.165) is 38.8 Å². The highest BCUT2D eigenvalue weighted by Crippen LogP contribution is 2.42. The number of carbonyl (C=O) groups excluding carboxylic acids is 4. The van der Waals surface area contributed by atoms with E-state index in [-0.39, 0.29) is 67.4 Å². The number of hydrazone groups is 1. The van der Waals surface area contributed by atoms with Crippen molar-refractivity contribution in [1.29, 1.82) is 0 Å². The molecule has 8 atom stereocenters. The van der Waals surface area contributed by atoms with Crippen molar-refractivity contribution in [1.82, 2.24) is 21.0 Å². The Kier molecular flexibility index (Phi) is 20.0. The van der Waals surface area contributed by atoms with Gasteiger partial charge < -0.3 is 34.5 Å². The first kappa shape index (κ1) is 48.1. The quantitative estimate of drug-likeness (QED) is 0.0501. The highest BCUT2D eigenvalue weighted by molar-refractivity contribution is 6.20. The smallest absolute Gasteiger partial charge is 0.393 e. The molecular weight excluding hydrogens is 783 g/mol. The zero-order chi connectivity index (χ0) is 42.1. The van der Waals surface area contributed by atoms with Gasteiger partial charge in [0.2, 0.25) is 17.7 Å². The SMILES string of the molecule is CC(C)(C)OC(=O)CCOCCOCCOCCNC(=O)C1CCCC(C(=O)NC2CCC(N3CCCCC3)CC2C(=O)N/N=C/C2CCC(Cl)C(C(F)(F)F)C2)C1. The molecule has 4 rings (SSSR count). The van der Waals surface area contributed by atoms with Gasteiger partial charge in [-0.15, -0.1) is 11.6 Å². The second-order valence-electron chi connectivity index (χ2n) is 17.3. The minimum Gasteiger partial charge on any atom is -0.460 e. The zero-order valence-corrected chi connectivity index (χ0v) is 35.4. The average Bonchev–Trinajstić information content (AvgIpc) is 3.18. The fourth-order valence-corrected chi connectivity index (χ4v) is 8.97. The summed E-state index contributed by atoms with van der Waals surface area (Å²) in [6.45, 7) is 9.72. The molecule has 4 aliphatic rings. The number of piperidine rings is 1. The van der Waals surface area contributed by atoms with Crippen molar-refractivity contribution in [3.63, 3.8) is 0 Å². The summed E-state index contributed by atoms with van der Waals surface area (Å²) in [6, 6.07) is -0.223. The van der Waals surface area contributed by atoms with Gasteiger partial charge in [-0.3, -0.25) is 19.2 Å². The predicted molar refractivity (Wildman–Crippen MR) is 213 cm³/mol. The van der Waals surface area contributed by atoms with E-state index in [4.69, 9.17) is 30.5 Å². The number of likely N-dealkylation sites (tertiary alicyclic amines) is 1. The van der Waals surface area contributed by atoms with Gasteiger partial charge in [-0.1, -0.05) is 12.8 Å². The summed E-state index contributed by atoms with van der Waals surface area (Å²) in [6.07, 6.45) is 5.61. The third kappa shape index (κ3) is 16.8. The summed E-state index contributed by atoms with van der Waals surface area (Å²) in [5.74, 6) is -4.21. The summed E-state index contributed by atoms with van der Waals surface area (Å²) < 4.78 is 62.2. The molecule has 3 N–H and O–H groups in total. The molecule has 0 aromatic heterocycles. The van der Waals surface area contributed by atoms with Crippen LogP contribution < -0.4 is 16.1 Å². The molecule has 0 aromatic rings. The fraction of sp³-hybridized carbons (Fsp3) is 0.878. The van der Waals surface area contributed by atoms with Crippen molar-refractivity contribution < 1.29 is 51.3 Å². The van der Waals surface area contributed by atoms with Crippen LogP contribution in [-0.2, 0) is 38.1 Å². The minimum absolute atomic E-state index is 0.112. The van der Waals surface area contributed by atoms with Crippen LogP contribution in [0.4, 0.5) is 13.2 Å². The Balaban J connectivity index is 1.17. The topological polar surface area (TPSA) is 157 Å². The Labute approximate surface area is 346 Å². The number of amides is 3. The summed E-state index contributed by atoms with van der Waals surface area (Å²) in [5.41, 5.74) is 2.09. The maximum atomic E-state index is 13.7. The summed E-state index contributed by atoms with van der Waals surface area (Å²) in [7, 11) is 0. The van der Waals surface area contributed by atoms with Crippen LogP contribution in [0.3, 0.4) is 0 Å². The van der Waals surface area contributed by atoms with Crippen molar-refractivity contribution in [2.45, 2.75) is 140 Å². The van der Waals surface area contributed by atoms with Gasteiger partial charge in [0.05, 0.1) is 57.9 Å². The number of nitrogens with zero attached hydrogens (tertiary/aromatic N) is 2. The van der Waals surface area contributed by atoms with Crippen molar-refractivity contribution in [2.75, 3.05) is 59.3 Å². The van der Waals surface area contributed by atoms with Gasteiger partial charge in [0.15, 0.2) is 0 Å². The van der Waals surface area contributed by atoms with Gasteiger partial charge in [0.25, 0.3) is 0 Å². The van der Waals surface area contributed by atoms with Gasteiger partial charge in [-0.05, 0) is 110 Å². The molecule has 3 saturated carbocycles. The molecule has 0 radical (unpaired) electrons. The molecule has 17 heteroatoms. The van der Waals surface area contributed by atoms with Crippen LogP contribution in [0, 0.1) is 29.6 Å². The number of rotatable bonds is 19. The highest BCUT2D eigenvalue weighted by Gasteiger charge is 2.47. The standard InChI is InChI=1S/C41H67ClF3N5O8/c1-40(2,3)58-36(51)14-18-55-20-22-57-23-21-56-19-15-46-37(52)29-8-7-9-30(25-29)38(53)48-35-13-11-31(50-16-5-4-6-17-50)26-32(35)39(54)49-47-27-28-10-12-34(42)33(24-28)41(43,44)45/h27-35H,4-26H2,1-3H3,(H,46,52)(H,48,53)(H,49,54)/b47-27+. The Morgan fingerprint density at radius 3 is 2.09 bits per heavy atom. The van der Waals surface area contributed by atoms with Crippen LogP contribution in [-0.4, -0.2) is 123 Å². The molecule has 332 valence electrons. The van der Waals surface area contributed by atoms with Gasteiger partial charge in [0, 0.05) is 42.1 Å². The van der Waals surface area contributed by atoms with Crippen molar-refractivity contribution >= 4 is 41.5 Å². The van der Waals surface area contributed by atoms with E-state index in [9.17, 15) is 32.3 Å². The van der Waals surface area contributed by atoms with Crippen molar-refractivity contribution in [3.8, 4) is 0 Å². The van der Waals surface area contributed by atoms with Gasteiger partial charge in [0.1, 0.15) is 5.60 Å². The molecule has 1 aliphatic heterocycles. The van der Waals surface area contributed by atoms with Crippen molar-refractivity contribution in [2.24, 2.45) is 34.7 Å². The van der Waals surface area contributed by atoms with E-state index < -0.39 is 40.9 Å². The van der Waals surface area contributed by atoms with E-state index in [1.165, 1.54) is 12.6 Å². The predicted octanol–water partition coefficient (Wildman–Crippen LogP) is 5.52. The third-order valence-electron chi connectivity index (χ3n) is 11.7. The molecule has 0 spiro atoms. The van der Waals surface area contributed by atoms with Crippen LogP contribution in [0.25, 0.3) is 0 Å². The zero-order valence-electron chi connectivity index (χ0n) is 34.6. The maximum absolute atomic E-state index is 13.7. The van der Waals surface area contributed by atoms with Crippen LogP contribution in [0.1, 0.15) is 111 Å². The lowest BCUT2D eigenvalue weighted by Crippen LogP contribution is -2.54. The summed E-state index contributed by atoms with van der Waals surface area (Å²) >= 11 is 5.99. The molecule has 3 aliphatic carbocycles. The number of alkyl halides is 4. The largest absolute Gasteiger partial charge is 0.460 e. The van der Waals surface area contributed by atoms with Crippen LogP contribution in [0.5, 0.6) is 0 Å². The second-order valence-corrected chi connectivity index (χ2v) is 17.9. The number of halogens is 4. The van der Waals surface area contributed by atoms with E-state index >= 15 is 0 Å². The van der Waals surface area contributed by atoms with Crippen LogP contribution >= 0.6 is 11.6 Å². The number of esters is 1. The first-order valence-corrected chi connectivity index (χ1v) is 21.9. The molecule has 58 heavy (non-hydrogen) atoms. The molecule has 1 heterocycles. The minimum atomic E-state index is -4.39. The summed E-state index contributed by atoms with van der Waals surface area (Å²) in [4.78, 5) is 54.6. The molecule has 3 amide bonds. The fourth-order valence-electron chi connectivity index (χ4n) is 8.60. The number of carbonyl (C=O) groups is 4. The van der Waals surface area contributed by atoms with E-state index in [1.807, 2.05) is 20.8 Å². The second kappa shape index (κ2) is 24.0. The summed E-state index contributed by atoms with van der Waals surface area (Å²) in [5, 5.41) is 9.25. The maximum Gasteiger partial charge on any atom is 0.393 e. The van der Waals surface area contributed by atoms with Crippen LogP contribution in [0.15, 0.2) is 5.10 Å². The monoisotopic (exact) mass is 849 g/mol. The number of nitrogens with one attached hydrogen (secondary N) is 3. The number of hydrogen-bond acceptors (Lipinski definition) is 10. The lowest BCUT2D eigenvalue weighted by Gasteiger charge is -2.42. The molecule has 0 bridgehead atoms. The van der Waals surface area contributed by atoms with E-state index in [1.54, 1.807) is 0 Å². The van der Waals surface area contributed by atoms with E-state index in [2.05, 4.69) is 26.1 Å². The van der Waals surface area contributed by atoms with Crippen LogP contribution in [0.2, 0.25) is 0 Å². The van der Waals surface area contributed by atoms with Gasteiger partial charge in [-0.25, -0.2) is 5.43 Å². The molecule has 4 fully saturated rings. The number of hydrogen-bond donors (Lipinski definition) is 3. The normalized spacial score (nSPS) is 28.8. The lowest BCUT2D eigenvalue weighted by atomic mass is 9.78. The average molecular weight is 850 g/mol. The molecule has 0 aromatic carbocycles. The lowest BCUT2D eigenvalue weighted by molar-refractivity contribution is -0.182. The first-order valence-electron chi connectivity index (χ1n) is 21.4. The van der Waals surface area contributed by atoms with Crippen molar-refractivity contribution in [3.05, 3.63) is 0 Å². The Bertz CT molecular complexity index is 1330. The number of ether oxygens (including phenoxy) is 4. The molecular formula is C41H67ClF3N5O8. The Hall–Kier alpha value is -2.53. The highest BCUT2D eigenvalue weighted by atomic mass is 35.5. The third-order valence-corrected chi connectivity index (χ3v) is 12.2.